The van der Waals surface area contributed by atoms with E-state index in [-0.39, 0.29) is 10.3 Å². The van der Waals surface area contributed by atoms with E-state index in [2.05, 4.69) is 15.5 Å². The fourth-order valence-electron chi connectivity index (χ4n) is 2.70. The van der Waals surface area contributed by atoms with E-state index in [0.29, 0.717) is 12.4 Å². The fraction of sp³-hybridized carbons (Fsp3) is 0.467. The van der Waals surface area contributed by atoms with Gasteiger partial charge in [-0.3, -0.25) is 0 Å². The number of anilines is 1. The topological polar surface area (TPSA) is 72.0 Å². The van der Waals surface area contributed by atoms with Crippen molar-refractivity contribution in [3.8, 4) is 0 Å². The molecule has 22 heavy (non-hydrogen) atoms. The van der Waals surface area contributed by atoms with E-state index in [9.17, 15) is 8.42 Å². The molecular weight excluding hydrogens is 318 g/mol. The van der Waals surface area contributed by atoms with Crippen molar-refractivity contribution < 1.29 is 8.42 Å². The lowest BCUT2D eigenvalue weighted by atomic mass is 10.0. The van der Waals surface area contributed by atoms with Crippen molar-refractivity contribution in [1.82, 2.24) is 10.2 Å². The maximum Gasteiger partial charge on any atom is 0.200 e. The minimum Gasteiger partial charge on any atom is -0.364 e. The van der Waals surface area contributed by atoms with E-state index >= 15 is 0 Å². The molecule has 0 atom stereocenters. The molecule has 1 aliphatic carbocycles. The molecule has 0 bridgehead atoms. The Hall–Kier alpha value is -1.47. The SMILES string of the molecule is O=S(=O)(c1ccc(NCc2cccs2)nn1)C1CCCCC1. The predicted octanol–water partition coefficient (Wildman–Crippen LogP) is 3.26. The second-order valence-corrected chi connectivity index (χ2v) is 8.70. The van der Waals surface area contributed by atoms with Gasteiger partial charge in [-0.15, -0.1) is 21.5 Å². The number of nitrogens with zero attached hydrogens (tertiary/aromatic N) is 2. The van der Waals surface area contributed by atoms with Crippen LogP contribution in [-0.4, -0.2) is 23.9 Å². The maximum absolute atomic E-state index is 12.5. The molecule has 0 saturated heterocycles. The molecule has 2 heterocycles. The summed E-state index contributed by atoms with van der Waals surface area (Å²) < 4.78 is 25.0. The molecule has 1 aliphatic rings. The Morgan fingerprint density at radius 2 is 1.95 bits per heavy atom. The van der Waals surface area contributed by atoms with Gasteiger partial charge in [0.25, 0.3) is 0 Å². The van der Waals surface area contributed by atoms with Gasteiger partial charge >= 0.3 is 0 Å². The van der Waals surface area contributed by atoms with E-state index in [1.165, 1.54) is 4.88 Å². The van der Waals surface area contributed by atoms with Crippen LogP contribution in [0, 0.1) is 0 Å². The molecule has 0 aromatic carbocycles. The summed E-state index contributed by atoms with van der Waals surface area (Å²) in [6.07, 6.45) is 4.57. The van der Waals surface area contributed by atoms with Gasteiger partial charge in [-0.25, -0.2) is 8.42 Å². The molecule has 7 heteroatoms. The number of thiophene rings is 1. The lowest BCUT2D eigenvalue weighted by molar-refractivity contribution is 0.481. The van der Waals surface area contributed by atoms with Crippen LogP contribution in [0.4, 0.5) is 5.82 Å². The van der Waals surface area contributed by atoms with E-state index in [1.807, 2.05) is 17.5 Å². The van der Waals surface area contributed by atoms with Gasteiger partial charge in [-0.05, 0) is 36.4 Å². The van der Waals surface area contributed by atoms with E-state index in [0.717, 1.165) is 32.1 Å². The zero-order chi connectivity index (χ0) is 15.4. The highest BCUT2D eigenvalue weighted by molar-refractivity contribution is 7.92. The number of hydrogen-bond donors (Lipinski definition) is 1. The third-order valence-corrected chi connectivity index (χ3v) is 6.97. The van der Waals surface area contributed by atoms with Crippen LogP contribution in [-0.2, 0) is 16.4 Å². The van der Waals surface area contributed by atoms with Gasteiger partial charge in [0.15, 0.2) is 14.9 Å². The third kappa shape index (κ3) is 3.47. The lowest BCUT2D eigenvalue weighted by Crippen LogP contribution is -2.25. The van der Waals surface area contributed by atoms with Crippen LogP contribution < -0.4 is 5.32 Å². The smallest absolute Gasteiger partial charge is 0.200 e. The molecule has 2 aromatic heterocycles. The summed E-state index contributed by atoms with van der Waals surface area (Å²) in [6, 6.07) is 7.28. The van der Waals surface area contributed by atoms with Crippen molar-refractivity contribution >= 4 is 27.0 Å². The first-order valence-corrected chi connectivity index (χ1v) is 9.93. The first kappa shape index (κ1) is 15.4. The molecular formula is C15H19N3O2S2. The van der Waals surface area contributed by atoms with Gasteiger partial charge in [-0.1, -0.05) is 25.3 Å². The Labute approximate surface area is 134 Å². The zero-order valence-electron chi connectivity index (χ0n) is 12.2. The summed E-state index contributed by atoms with van der Waals surface area (Å²) in [7, 11) is -3.34. The van der Waals surface area contributed by atoms with Gasteiger partial charge < -0.3 is 5.32 Å². The molecule has 1 saturated carbocycles. The van der Waals surface area contributed by atoms with Gasteiger partial charge in [0.05, 0.1) is 11.8 Å². The van der Waals surface area contributed by atoms with Gasteiger partial charge in [-0.2, -0.15) is 0 Å². The van der Waals surface area contributed by atoms with Crippen LogP contribution in [0.5, 0.6) is 0 Å². The molecule has 3 rings (SSSR count). The summed E-state index contributed by atoms with van der Waals surface area (Å²) in [5.41, 5.74) is 0. The fourth-order valence-corrected chi connectivity index (χ4v) is 5.06. The highest BCUT2D eigenvalue weighted by Crippen LogP contribution is 2.27. The van der Waals surface area contributed by atoms with Gasteiger partial charge in [0.2, 0.25) is 0 Å². The predicted molar refractivity (Wildman–Crippen MR) is 87.7 cm³/mol. The van der Waals surface area contributed by atoms with Gasteiger partial charge in [0.1, 0.15) is 5.82 Å². The first-order valence-electron chi connectivity index (χ1n) is 7.50. The summed E-state index contributed by atoms with van der Waals surface area (Å²) >= 11 is 1.66. The number of rotatable bonds is 5. The molecule has 0 unspecified atom stereocenters. The minimum absolute atomic E-state index is 0.0982. The first-order chi connectivity index (χ1) is 10.7. The standard InChI is InChI=1S/C15H19N3O2S2/c19-22(20,13-6-2-1-3-7-13)15-9-8-14(17-18-15)16-11-12-5-4-10-21-12/h4-5,8-10,13H,1-3,6-7,11H2,(H,16,17). The van der Waals surface area contributed by atoms with Crippen LogP contribution >= 0.6 is 11.3 Å². The lowest BCUT2D eigenvalue weighted by Gasteiger charge is -2.20. The quantitative estimate of drug-likeness (QED) is 0.906. The van der Waals surface area contributed by atoms with Crippen LogP contribution in [0.25, 0.3) is 0 Å². The second kappa shape index (κ2) is 6.75. The molecule has 0 aliphatic heterocycles. The van der Waals surface area contributed by atoms with Crippen molar-refractivity contribution in [2.45, 2.75) is 48.9 Å². The molecule has 1 fully saturated rings. The largest absolute Gasteiger partial charge is 0.364 e. The summed E-state index contributed by atoms with van der Waals surface area (Å²) in [5, 5.41) is 12.9. The number of hydrogen-bond acceptors (Lipinski definition) is 6. The Kier molecular flexibility index (Phi) is 4.73. The highest BCUT2D eigenvalue weighted by atomic mass is 32.2. The summed E-state index contributed by atoms with van der Waals surface area (Å²) in [5.74, 6) is 0.594. The number of nitrogens with one attached hydrogen (secondary N) is 1. The van der Waals surface area contributed by atoms with E-state index < -0.39 is 9.84 Å². The average Bonchev–Trinajstić information content (AvgIpc) is 3.08. The van der Waals surface area contributed by atoms with Crippen LogP contribution in [0.2, 0.25) is 0 Å². The average molecular weight is 337 g/mol. The monoisotopic (exact) mass is 337 g/mol. The Morgan fingerprint density at radius 1 is 1.14 bits per heavy atom. The maximum atomic E-state index is 12.5. The summed E-state index contributed by atoms with van der Waals surface area (Å²) in [4.78, 5) is 1.20. The Morgan fingerprint density at radius 3 is 2.59 bits per heavy atom. The Balaban J connectivity index is 1.67. The van der Waals surface area contributed by atoms with E-state index in [1.54, 1.807) is 23.5 Å². The van der Waals surface area contributed by atoms with Gasteiger partial charge in [0, 0.05) is 4.88 Å². The third-order valence-electron chi connectivity index (χ3n) is 3.95. The molecule has 0 amide bonds. The molecule has 0 spiro atoms. The molecule has 2 aromatic rings. The van der Waals surface area contributed by atoms with Crippen molar-refractivity contribution in [1.29, 1.82) is 0 Å². The van der Waals surface area contributed by atoms with Crippen LogP contribution in [0.1, 0.15) is 37.0 Å². The zero-order valence-corrected chi connectivity index (χ0v) is 13.9. The van der Waals surface area contributed by atoms with Crippen molar-refractivity contribution in [2.75, 3.05) is 5.32 Å². The van der Waals surface area contributed by atoms with E-state index in [4.69, 9.17) is 0 Å². The number of aromatic nitrogens is 2. The van der Waals surface area contributed by atoms with Crippen molar-refractivity contribution in [2.24, 2.45) is 0 Å². The van der Waals surface area contributed by atoms with Crippen molar-refractivity contribution in [3.63, 3.8) is 0 Å². The normalized spacial score (nSPS) is 16.5. The second-order valence-electron chi connectivity index (χ2n) is 5.49. The molecule has 1 N–H and O–H groups in total. The summed E-state index contributed by atoms with van der Waals surface area (Å²) in [6.45, 7) is 0.668. The number of sulfone groups is 1. The van der Waals surface area contributed by atoms with Crippen LogP contribution in [0.3, 0.4) is 0 Å². The van der Waals surface area contributed by atoms with Crippen molar-refractivity contribution in [3.05, 3.63) is 34.5 Å². The highest BCUT2D eigenvalue weighted by Gasteiger charge is 2.30. The molecule has 0 radical (unpaired) electrons. The van der Waals surface area contributed by atoms with Crippen LogP contribution in [0.15, 0.2) is 34.7 Å². The minimum atomic E-state index is -3.34. The molecule has 118 valence electrons. The molecule has 5 nitrogen and oxygen atoms in total. The Bertz CT molecular complexity index is 691.